The highest BCUT2D eigenvalue weighted by molar-refractivity contribution is 7.19. The fraction of sp³-hybridized carbons (Fsp3) is 0.400. The molecule has 180 valence electrons. The first-order valence-electron chi connectivity index (χ1n) is 11.4. The van der Waals surface area contributed by atoms with Gasteiger partial charge in [0.2, 0.25) is 5.91 Å². The standard InChI is InChI=1S/C25H30ClN5O2S/c1-4-16-9-17(26)10-21(24(16)31(3)18-12-28-13-18)20-5-6-29-22-11-19(34-25(20)22)15-30(2)23(33)14-27-7-8-32/h5-6,8-11,18,27-28H,4,7,12-15H2,1-3H3. The van der Waals surface area contributed by atoms with Crippen molar-refractivity contribution in [3.8, 4) is 11.1 Å². The first-order chi connectivity index (χ1) is 16.4. The van der Waals surface area contributed by atoms with Gasteiger partial charge in [-0.2, -0.15) is 0 Å². The summed E-state index contributed by atoms with van der Waals surface area (Å²) < 4.78 is 1.09. The Morgan fingerprint density at radius 2 is 2.09 bits per heavy atom. The van der Waals surface area contributed by atoms with E-state index in [2.05, 4.69) is 58.8 Å². The molecule has 1 aromatic carbocycles. The molecule has 34 heavy (non-hydrogen) atoms. The summed E-state index contributed by atoms with van der Waals surface area (Å²) in [4.78, 5) is 32.5. The van der Waals surface area contributed by atoms with Crippen LogP contribution in [0.3, 0.4) is 0 Å². The van der Waals surface area contributed by atoms with Crippen LogP contribution in [0.1, 0.15) is 17.4 Å². The van der Waals surface area contributed by atoms with Crippen LogP contribution in [0.5, 0.6) is 0 Å². The van der Waals surface area contributed by atoms with Gasteiger partial charge in [-0.25, -0.2) is 0 Å². The summed E-state index contributed by atoms with van der Waals surface area (Å²) in [6.07, 6.45) is 3.48. The maximum absolute atomic E-state index is 12.4. The van der Waals surface area contributed by atoms with Gasteiger partial charge < -0.3 is 25.2 Å². The number of aryl methyl sites for hydroxylation is 1. The molecule has 1 aliphatic heterocycles. The number of likely N-dealkylation sites (N-methyl/N-ethyl adjacent to an activating group) is 2. The topological polar surface area (TPSA) is 77.6 Å². The van der Waals surface area contributed by atoms with E-state index >= 15 is 0 Å². The van der Waals surface area contributed by atoms with Crippen LogP contribution in [-0.4, -0.2) is 68.4 Å². The Morgan fingerprint density at radius 3 is 2.76 bits per heavy atom. The molecule has 0 bridgehead atoms. The lowest BCUT2D eigenvalue weighted by atomic mass is 9.96. The molecule has 0 aliphatic carbocycles. The highest BCUT2D eigenvalue weighted by Gasteiger charge is 2.26. The van der Waals surface area contributed by atoms with Gasteiger partial charge in [0.15, 0.2) is 0 Å². The van der Waals surface area contributed by atoms with Gasteiger partial charge in [-0.05, 0) is 36.2 Å². The van der Waals surface area contributed by atoms with Crippen molar-refractivity contribution in [1.82, 2.24) is 20.5 Å². The number of carbonyl (C=O) groups excluding carboxylic acids is 2. The van der Waals surface area contributed by atoms with Crippen LogP contribution in [0.2, 0.25) is 5.02 Å². The lowest BCUT2D eigenvalue weighted by molar-refractivity contribution is -0.129. The summed E-state index contributed by atoms with van der Waals surface area (Å²) in [6, 6.07) is 8.69. The van der Waals surface area contributed by atoms with Gasteiger partial charge in [-0.1, -0.05) is 18.5 Å². The largest absolute Gasteiger partial charge is 0.368 e. The second kappa shape index (κ2) is 10.8. The third kappa shape index (κ3) is 5.10. The minimum atomic E-state index is -0.0621. The molecule has 3 aromatic rings. The average Bonchev–Trinajstić information content (AvgIpc) is 3.19. The summed E-state index contributed by atoms with van der Waals surface area (Å²) in [7, 11) is 3.93. The number of pyridine rings is 1. The van der Waals surface area contributed by atoms with Gasteiger partial charge >= 0.3 is 0 Å². The number of aromatic nitrogens is 1. The number of rotatable bonds is 10. The molecule has 1 aliphatic rings. The highest BCUT2D eigenvalue weighted by Crippen LogP contribution is 2.42. The zero-order valence-corrected chi connectivity index (χ0v) is 21.3. The van der Waals surface area contributed by atoms with E-state index < -0.39 is 0 Å². The highest BCUT2D eigenvalue weighted by atomic mass is 35.5. The lowest BCUT2D eigenvalue weighted by Gasteiger charge is -2.39. The number of aldehydes is 1. The molecule has 0 radical (unpaired) electrons. The normalized spacial score (nSPS) is 13.6. The molecular formula is C25H30ClN5O2S. The molecule has 1 fully saturated rings. The van der Waals surface area contributed by atoms with E-state index in [1.165, 1.54) is 11.3 Å². The molecule has 2 N–H and O–H groups in total. The molecule has 0 spiro atoms. The molecule has 7 nitrogen and oxygen atoms in total. The van der Waals surface area contributed by atoms with Crippen LogP contribution in [0, 0.1) is 0 Å². The Hall–Kier alpha value is -2.52. The zero-order chi connectivity index (χ0) is 24.2. The van der Waals surface area contributed by atoms with Crippen LogP contribution in [0.25, 0.3) is 21.3 Å². The summed E-state index contributed by atoms with van der Waals surface area (Å²) >= 11 is 8.23. The summed E-state index contributed by atoms with van der Waals surface area (Å²) in [5.41, 5.74) is 5.58. The number of hydrogen-bond acceptors (Lipinski definition) is 7. The SMILES string of the molecule is CCc1cc(Cl)cc(-c2ccnc3cc(CN(C)C(=O)CNCC=O)sc23)c1N(C)C1CNC1. The minimum Gasteiger partial charge on any atom is -0.368 e. The number of hydrogen-bond donors (Lipinski definition) is 2. The quantitative estimate of drug-likeness (QED) is 0.329. The molecule has 2 aromatic heterocycles. The maximum atomic E-state index is 12.4. The number of halogens is 1. The third-order valence-corrected chi connectivity index (χ3v) is 7.63. The molecule has 1 saturated heterocycles. The Kier molecular flexibility index (Phi) is 7.83. The maximum Gasteiger partial charge on any atom is 0.236 e. The van der Waals surface area contributed by atoms with Crippen molar-refractivity contribution >= 4 is 51.0 Å². The Balaban J connectivity index is 1.70. The monoisotopic (exact) mass is 499 g/mol. The summed E-state index contributed by atoms with van der Waals surface area (Å²) in [6.45, 7) is 4.89. The Bertz CT molecular complexity index is 1190. The van der Waals surface area contributed by atoms with Gasteiger partial charge in [-0.3, -0.25) is 9.78 Å². The number of amides is 1. The van der Waals surface area contributed by atoms with Crippen molar-refractivity contribution in [1.29, 1.82) is 0 Å². The van der Waals surface area contributed by atoms with Gasteiger partial charge in [-0.15, -0.1) is 11.3 Å². The van der Waals surface area contributed by atoms with Crippen LogP contribution >= 0.6 is 22.9 Å². The fourth-order valence-corrected chi connectivity index (χ4v) is 5.69. The zero-order valence-electron chi connectivity index (χ0n) is 19.7. The second-order valence-electron chi connectivity index (χ2n) is 8.57. The number of benzene rings is 1. The minimum absolute atomic E-state index is 0.0621. The van der Waals surface area contributed by atoms with Crippen LogP contribution < -0.4 is 15.5 Å². The molecule has 0 atom stereocenters. The van der Waals surface area contributed by atoms with E-state index in [4.69, 9.17) is 11.6 Å². The number of nitrogens with one attached hydrogen (secondary N) is 2. The van der Waals surface area contributed by atoms with Gasteiger partial charge in [0.1, 0.15) is 6.29 Å². The number of fused-ring (bicyclic) bond motifs is 1. The molecule has 4 rings (SSSR count). The molecule has 9 heteroatoms. The molecule has 0 saturated carbocycles. The molecular weight excluding hydrogens is 470 g/mol. The van der Waals surface area contributed by atoms with Gasteiger partial charge in [0, 0.05) is 60.1 Å². The van der Waals surface area contributed by atoms with Gasteiger partial charge in [0.25, 0.3) is 0 Å². The number of carbonyl (C=O) groups is 2. The van der Waals surface area contributed by atoms with Crippen molar-refractivity contribution in [2.75, 3.05) is 45.2 Å². The van der Waals surface area contributed by atoms with E-state index in [0.29, 0.717) is 12.6 Å². The number of nitrogens with zero attached hydrogens (tertiary/aromatic N) is 3. The molecule has 3 heterocycles. The predicted molar refractivity (Wildman–Crippen MR) is 140 cm³/mol. The fourth-order valence-electron chi connectivity index (χ4n) is 4.25. The second-order valence-corrected chi connectivity index (χ2v) is 10.1. The average molecular weight is 500 g/mol. The summed E-state index contributed by atoms with van der Waals surface area (Å²) in [5.74, 6) is -0.0621. The first kappa shape index (κ1) is 24.6. The van der Waals surface area contributed by atoms with E-state index in [9.17, 15) is 9.59 Å². The predicted octanol–water partition coefficient (Wildman–Crippen LogP) is 3.33. The van der Waals surface area contributed by atoms with Gasteiger partial charge in [0.05, 0.1) is 35.9 Å². The number of anilines is 1. The van der Waals surface area contributed by atoms with Crippen LogP contribution in [0.4, 0.5) is 5.69 Å². The van der Waals surface area contributed by atoms with Crippen molar-refractivity contribution in [3.63, 3.8) is 0 Å². The van der Waals surface area contributed by atoms with Crippen LogP contribution in [0.15, 0.2) is 30.5 Å². The van der Waals surface area contributed by atoms with Crippen molar-refractivity contribution in [2.45, 2.75) is 25.9 Å². The first-order valence-corrected chi connectivity index (χ1v) is 12.6. The number of thiophene rings is 1. The van der Waals surface area contributed by atoms with Crippen molar-refractivity contribution < 1.29 is 9.59 Å². The van der Waals surface area contributed by atoms with E-state index in [-0.39, 0.29) is 19.0 Å². The Morgan fingerprint density at radius 1 is 1.29 bits per heavy atom. The van der Waals surface area contributed by atoms with E-state index in [1.807, 2.05) is 6.20 Å². The Labute approximate surface area is 209 Å². The van der Waals surface area contributed by atoms with Crippen molar-refractivity contribution in [2.24, 2.45) is 0 Å². The summed E-state index contributed by atoms with van der Waals surface area (Å²) in [5, 5.41) is 6.91. The van der Waals surface area contributed by atoms with E-state index in [1.54, 1.807) is 23.3 Å². The van der Waals surface area contributed by atoms with Crippen LogP contribution in [-0.2, 0) is 22.6 Å². The smallest absolute Gasteiger partial charge is 0.236 e. The third-order valence-electron chi connectivity index (χ3n) is 6.27. The molecule has 1 amide bonds. The van der Waals surface area contributed by atoms with Crippen molar-refractivity contribution in [3.05, 3.63) is 45.9 Å². The van der Waals surface area contributed by atoms with E-state index in [0.717, 1.165) is 57.0 Å². The lowest BCUT2D eigenvalue weighted by Crippen LogP contribution is -2.56. The molecule has 0 unspecified atom stereocenters.